The van der Waals surface area contributed by atoms with Crippen LogP contribution in [-0.4, -0.2) is 21.6 Å². The highest BCUT2D eigenvalue weighted by Crippen LogP contribution is 2.12. The van der Waals surface area contributed by atoms with Crippen molar-refractivity contribution in [1.82, 2.24) is 14.5 Å². The van der Waals surface area contributed by atoms with Crippen molar-refractivity contribution in [3.05, 3.63) is 32.1 Å². The fourth-order valence-corrected chi connectivity index (χ4v) is 2.59. The van der Waals surface area contributed by atoms with E-state index in [1.165, 1.54) is 4.57 Å². The molecule has 0 saturated carbocycles. The monoisotopic (exact) mass is 304 g/mol. The third kappa shape index (κ3) is 3.11. The summed E-state index contributed by atoms with van der Waals surface area (Å²) in [5, 5.41) is 11.8. The molecule has 0 atom stereocenters. The SMILES string of the molecule is CC(C)CCNC(=O)Cn1c(=O)c(C#N)c2n(c1=O)CCC2. The molecule has 0 spiro atoms. The second-order valence-corrected chi connectivity index (χ2v) is 5.90. The summed E-state index contributed by atoms with van der Waals surface area (Å²) in [4.78, 5) is 36.4. The molecule has 0 aliphatic carbocycles. The molecule has 118 valence electrons. The minimum atomic E-state index is -0.667. The number of nitriles is 1. The van der Waals surface area contributed by atoms with E-state index in [0.29, 0.717) is 31.1 Å². The second-order valence-electron chi connectivity index (χ2n) is 5.90. The van der Waals surface area contributed by atoms with Crippen LogP contribution in [0.3, 0.4) is 0 Å². The van der Waals surface area contributed by atoms with Crippen molar-refractivity contribution in [3.63, 3.8) is 0 Å². The molecule has 22 heavy (non-hydrogen) atoms. The van der Waals surface area contributed by atoms with Crippen molar-refractivity contribution >= 4 is 5.91 Å². The van der Waals surface area contributed by atoms with Gasteiger partial charge in [0.25, 0.3) is 5.56 Å². The van der Waals surface area contributed by atoms with Crippen molar-refractivity contribution in [2.24, 2.45) is 5.92 Å². The van der Waals surface area contributed by atoms with Gasteiger partial charge in [-0.3, -0.25) is 14.2 Å². The maximum absolute atomic E-state index is 12.3. The van der Waals surface area contributed by atoms with Gasteiger partial charge in [-0.05, 0) is 25.2 Å². The lowest BCUT2D eigenvalue weighted by Crippen LogP contribution is -2.45. The van der Waals surface area contributed by atoms with Crippen LogP contribution < -0.4 is 16.6 Å². The van der Waals surface area contributed by atoms with Crippen molar-refractivity contribution in [2.45, 2.75) is 46.2 Å². The van der Waals surface area contributed by atoms with Crippen molar-refractivity contribution < 1.29 is 4.79 Å². The van der Waals surface area contributed by atoms with Gasteiger partial charge in [0.15, 0.2) is 0 Å². The maximum atomic E-state index is 12.3. The number of fused-ring (bicyclic) bond motifs is 1. The first kappa shape index (κ1) is 16.0. The summed E-state index contributed by atoms with van der Waals surface area (Å²) in [5.74, 6) is 0.0705. The van der Waals surface area contributed by atoms with E-state index in [0.717, 1.165) is 17.4 Å². The van der Waals surface area contributed by atoms with E-state index < -0.39 is 11.2 Å². The summed E-state index contributed by atoms with van der Waals surface area (Å²) in [7, 11) is 0. The maximum Gasteiger partial charge on any atom is 0.331 e. The van der Waals surface area contributed by atoms with Crippen molar-refractivity contribution in [3.8, 4) is 6.07 Å². The minimum Gasteiger partial charge on any atom is -0.355 e. The molecule has 1 N–H and O–H groups in total. The van der Waals surface area contributed by atoms with Gasteiger partial charge in [-0.2, -0.15) is 5.26 Å². The van der Waals surface area contributed by atoms with Crippen molar-refractivity contribution in [1.29, 1.82) is 5.26 Å². The average molecular weight is 304 g/mol. The Hall–Kier alpha value is -2.36. The van der Waals surface area contributed by atoms with E-state index in [1.54, 1.807) is 0 Å². The number of amides is 1. The first-order chi connectivity index (χ1) is 10.5. The van der Waals surface area contributed by atoms with Gasteiger partial charge in [0.1, 0.15) is 18.2 Å². The number of rotatable bonds is 5. The number of nitrogens with zero attached hydrogens (tertiary/aromatic N) is 3. The average Bonchev–Trinajstić information content (AvgIpc) is 2.93. The number of carbonyl (C=O) groups is 1. The van der Waals surface area contributed by atoms with Crippen LogP contribution in [0.1, 0.15) is 37.9 Å². The molecule has 0 bridgehead atoms. The van der Waals surface area contributed by atoms with E-state index >= 15 is 0 Å². The van der Waals surface area contributed by atoms with Crippen LogP contribution in [0.25, 0.3) is 0 Å². The van der Waals surface area contributed by atoms with E-state index in [-0.39, 0.29) is 18.0 Å². The summed E-state index contributed by atoms with van der Waals surface area (Å²) in [6, 6.07) is 1.87. The Kier molecular flexibility index (Phi) is 4.81. The molecule has 2 heterocycles. The Morgan fingerprint density at radius 2 is 2.14 bits per heavy atom. The molecule has 0 aromatic carbocycles. The highest BCUT2D eigenvalue weighted by molar-refractivity contribution is 5.75. The molecule has 0 unspecified atom stereocenters. The van der Waals surface area contributed by atoms with E-state index in [1.807, 2.05) is 19.9 Å². The molecule has 1 aromatic rings. The first-order valence-electron chi connectivity index (χ1n) is 7.49. The summed E-state index contributed by atoms with van der Waals surface area (Å²) < 4.78 is 2.29. The fraction of sp³-hybridized carbons (Fsp3) is 0.600. The number of hydrogen-bond acceptors (Lipinski definition) is 4. The molecule has 1 aliphatic heterocycles. The second kappa shape index (κ2) is 6.60. The number of nitrogens with one attached hydrogen (secondary N) is 1. The third-order valence-electron chi connectivity index (χ3n) is 3.79. The van der Waals surface area contributed by atoms with Crippen LogP contribution in [-0.2, 0) is 24.3 Å². The molecule has 7 nitrogen and oxygen atoms in total. The molecule has 1 aliphatic rings. The first-order valence-corrected chi connectivity index (χ1v) is 7.49. The van der Waals surface area contributed by atoms with Gasteiger partial charge in [0, 0.05) is 18.8 Å². The van der Waals surface area contributed by atoms with Gasteiger partial charge in [0.2, 0.25) is 5.91 Å². The molecule has 7 heteroatoms. The van der Waals surface area contributed by atoms with E-state index in [4.69, 9.17) is 5.26 Å². The van der Waals surface area contributed by atoms with Gasteiger partial charge in [-0.1, -0.05) is 13.8 Å². The highest BCUT2D eigenvalue weighted by Gasteiger charge is 2.23. The number of hydrogen-bond donors (Lipinski definition) is 1. The zero-order chi connectivity index (χ0) is 16.3. The molecule has 0 saturated heterocycles. The predicted octanol–water partition coefficient (Wildman–Crippen LogP) is -0.00982. The minimum absolute atomic E-state index is 0.0212. The lowest BCUT2D eigenvalue weighted by Gasteiger charge is -2.11. The number of carbonyl (C=O) groups excluding carboxylic acids is 1. The van der Waals surface area contributed by atoms with E-state index in [2.05, 4.69) is 5.32 Å². The molecule has 0 radical (unpaired) electrons. The van der Waals surface area contributed by atoms with Crippen LogP contribution in [0, 0.1) is 17.2 Å². The van der Waals surface area contributed by atoms with Crippen molar-refractivity contribution in [2.75, 3.05) is 6.54 Å². The van der Waals surface area contributed by atoms with Crippen LogP contribution >= 0.6 is 0 Å². The topological polar surface area (TPSA) is 96.9 Å². The molecular formula is C15H20N4O3. The summed E-state index contributed by atoms with van der Waals surface area (Å²) in [6.07, 6.45) is 2.11. The predicted molar refractivity (Wildman–Crippen MR) is 80.5 cm³/mol. The summed E-state index contributed by atoms with van der Waals surface area (Å²) >= 11 is 0. The Morgan fingerprint density at radius 1 is 1.41 bits per heavy atom. The molecule has 2 rings (SSSR count). The Balaban J connectivity index is 2.26. The van der Waals surface area contributed by atoms with Gasteiger partial charge in [-0.25, -0.2) is 9.36 Å². The third-order valence-corrected chi connectivity index (χ3v) is 3.79. The van der Waals surface area contributed by atoms with Crippen LogP contribution in [0.4, 0.5) is 0 Å². The lowest BCUT2D eigenvalue weighted by atomic mass is 10.1. The quantitative estimate of drug-likeness (QED) is 0.827. The Labute approximate surface area is 128 Å². The molecule has 1 amide bonds. The van der Waals surface area contributed by atoms with Crippen LogP contribution in [0.15, 0.2) is 9.59 Å². The zero-order valence-electron chi connectivity index (χ0n) is 12.9. The highest BCUT2D eigenvalue weighted by atomic mass is 16.2. The summed E-state index contributed by atoms with van der Waals surface area (Å²) in [5.41, 5.74) is -0.698. The van der Waals surface area contributed by atoms with Gasteiger partial charge >= 0.3 is 5.69 Å². The van der Waals surface area contributed by atoms with Gasteiger partial charge < -0.3 is 5.32 Å². The zero-order valence-corrected chi connectivity index (χ0v) is 12.9. The lowest BCUT2D eigenvalue weighted by molar-refractivity contribution is -0.121. The van der Waals surface area contributed by atoms with Crippen LogP contribution in [0.5, 0.6) is 0 Å². The molecular weight excluding hydrogens is 284 g/mol. The van der Waals surface area contributed by atoms with Gasteiger partial charge in [0.05, 0.1) is 0 Å². The normalized spacial score (nSPS) is 13.0. The van der Waals surface area contributed by atoms with Crippen LogP contribution in [0.2, 0.25) is 0 Å². The number of aromatic nitrogens is 2. The standard InChI is InChI=1S/C15H20N4O3/c1-10(2)5-6-17-13(20)9-19-14(21)11(8-16)12-4-3-7-18(12)15(19)22/h10H,3-7,9H2,1-2H3,(H,17,20). The summed E-state index contributed by atoms with van der Waals surface area (Å²) in [6.45, 7) is 4.73. The largest absolute Gasteiger partial charge is 0.355 e. The molecule has 0 fully saturated rings. The van der Waals surface area contributed by atoms with E-state index in [9.17, 15) is 14.4 Å². The smallest absolute Gasteiger partial charge is 0.331 e. The fourth-order valence-electron chi connectivity index (χ4n) is 2.59. The Bertz CT molecular complexity index is 737. The Morgan fingerprint density at radius 3 is 2.77 bits per heavy atom. The molecule has 1 aromatic heterocycles. The van der Waals surface area contributed by atoms with Gasteiger partial charge in [-0.15, -0.1) is 0 Å².